The summed E-state index contributed by atoms with van der Waals surface area (Å²) in [4.78, 5) is 4.29. The lowest BCUT2D eigenvalue weighted by molar-refractivity contribution is 0.418. The molecule has 0 aliphatic carbocycles. The van der Waals surface area contributed by atoms with Crippen molar-refractivity contribution in [1.29, 1.82) is 0 Å². The maximum Gasteiger partial charge on any atom is 0.257 e. The molecule has 0 amide bonds. The molecule has 2 rings (SSSR count). The smallest absolute Gasteiger partial charge is 0.257 e. The lowest BCUT2D eigenvalue weighted by Crippen LogP contribution is -2.10. The van der Waals surface area contributed by atoms with Crippen LogP contribution in [0.2, 0.25) is 0 Å². The van der Waals surface area contributed by atoms with Gasteiger partial charge < -0.3 is 10.3 Å². The van der Waals surface area contributed by atoms with Crippen molar-refractivity contribution >= 4 is 0 Å². The van der Waals surface area contributed by atoms with Gasteiger partial charge in [-0.3, -0.25) is 0 Å². The lowest BCUT2D eigenvalue weighted by Gasteiger charge is -1.98. The Hall–Kier alpha value is -1.68. The normalized spacial score (nSPS) is 12.7. The van der Waals surface area contributed by atoms with Gasteiger partial charge in [0, 0.05) is 18.0 Å². The Morgan fingerprint density at radius 1 is 1.33 bits per heavy atom. The van der Waals surface area contributed by atoms with E-state index in [1.807, 2.05) is 37.3 Å². The highest BCUT2D eigenvalue weighted by Gasteiger charge is 2.12. The molecule has 0 bridgehead atoms. The van der Waals surface area contributed by atoms with Crippen LogP contribution in [0.1, 0.15) is 18.7 Å². The summed E-state index contributed by atoms with van der Waals surface area (Å²) in [7, 11) is 0. The van der Waals surface area contributed by atoms with Gasteiger partial charge in [0.25, 0.3) is 5.89 Å². The molecule has 0 fully saturated rings. The van der Waals surface area contributed by atoms with Crippen LogP contribution >= 0.6 is 0 Å². The fourth-order valence-electron chi connectivity index (χ4n) is 1.24. The van der Waals surface area contributed by atoms with Gasteiger partial charge in [0.05, 0.1) is 0 Å². The first-order valence-electron chi connectivity index (χ1n) is 4.90. The molecule has 0 radical (unpaired) electrons. The van der Waals surface area contributed by atoms with E-state index in [0.717, 1.165) is 5.56 Å². The van der Waals surface area contributed by atoms with E-state index in [1.54, 1.807) is 0 Å². The summed E-state index contributed by atoms with van der Waals surface area (Å²) in [6.07, 6.45) is 0. The van der Waals surface area contributed by atoms with Crippen molar-refractivity contribution in [3.05, 3.63) is 36.2 Å². The van der Waals surface area contributed by atoms with Gasteiger partial charge in [0.2, 0.25) is 0 Å². The summed E-state index contributed by atoms with van der Waals surface area (Å²) < 4.78 is 5.16. The second-order valence-electron chi connectivity index (χ2n) is 3.46. The number of hydrogen-bond donors (Lipinski definition) is 1. The van der Waals surface area contributed by atoms with Crippen molar-refractivity contribution < 1.29 is 4.52 Å². The molecular formula is C11H13N3O. The minimum absolute atomic E-state index is 0.131. The Bertz CT molecular complexity index is 424. The van der Waals surface area contributed by atoms with Gasteiger partial charge in [-0.2, -0.15) is 4.98 Å². The average molecular weight is 203 g/mol. The second-order valence-corrected chi connectivity index (χ2v) is 3.46. The maximum absolute atomic E-state index is 5.53. The fraction of sp³-hybridized carbons (Fsp3) is 0.273. The Labute approximate surface area is 88.1 Å². The third kappa shape index (κ3) is 2.05. The number of rotatable bonds is 3. The third-order valence-electron chi connectivity index (χ3n) is 2.26. The number of nitrogens with zero attached hydrogens (tertiary/aromatic N) is 2. The van der Waals surface area contributed by atoms with Crippen molar-refractivity contribution in [2.45, 2.75) is 12.8 Å². The molecule has 0 aliphatic rings. The van der Waals surface area contributed by atoms with Crippen molar-refractivity contribution in [3.63, 3.8) is 0 Å². The topological polar surface area (TPSA) is 64.9 Å². The summed E-state index contributed by atoms with van der Waals surface area (Å²) in [6.45, 7) is 2.49. The molecule has 2 N–H and O–H groups in total. The minimum atomic E-state index is 0.131. The largest absolute Gasteiger partial charge is 0.334 e. The van der Waals surface area contributed by atoms with E-state index in [4.69, 9.17) is 10.3 Å². The predicted octanol–water partition coefficient (Wildman–Crippen LogP) is 1.80. The van der Waals surface area contributed by atoms with E-state index in [2.05, 4.69) is 10.1 Å². The van der Waals surface area contributed by atoms with Crippen LogP contribution in [0.4, 0.5) is 0 Å². The molecule has 0 saturated heterocycles. The molecule has 1 atom stereocenters. The molecule has 1 aromatic heterocycles. The van der Waals surface area contributed by atoms with Crippen molar-refractivity contribution in [3.8, 4) is 11.5 Å². The lowest BCUT2D eigenvalue weighted by atomic mass is 10.2. The standard InChI is InChI=1S/C11H13N3O/c1-8(7-12)10-13-11(15-14-10)9-5-3-2-4-6-9/h2-6,8H,7,12H2,1H3. The van der Waals surface area contributed by atoms with Crippen LogP contribution in [-0.2, 0) is 0 Å². The molecule has 1 aromatic carbocycles. The first kappa shape index (κ1) is 9.86. The molecule has 4 nitrogen and oxygen atoms in total. The SMILES string of the molecule is CC(CN)c1noc(-c2ccccc2)n1. The van der Waals surface area contributed by atoms with Crippen LogP contribution in [0.5, 0.6) is 0 Å². The van der Waals surface area contributed by atoms with Gasteiger partial charge in [0.15, 0.2) is 5.82 Å². The van der Waals surface area contributed by atoms with Crippen LogP contribution in [-0.4, -0.2) is 16.7 Å². The van der Waals surface area contributed by atoms with E-state index in [0.29, 0.717) is 18.3 Å². The quantitative estimate of drug-likeness (QED) is 0.826. The molecule has 1 unspecified atom stereocenters. The maximum atomic E-state index is 5.53. The monoisotopic (exact) mass is 203 g/mol. The first-order chi connectivity index (χ1) is 7.31. The average Bonchev–Trinajstić information content (AvgIpc) is 2.78. The first-order valence-corrected chi connectivity index (χ1v) is 4.90. The number of benzene rings is 1. The minimum Gasteiger partial charge on any atom is -0.334 e. The van der Waals surface area contributed by atoms with Crippen LogP contribution in [0.15, 0.2) is 34.9 Å². The van der Waals surface area contributed by atoms with Crippen LogP contribution < -0.4 is 5.73 Å². The Morgan fingerprint density at radius 3 is 2.73 bits per heavy atom. The highest BCUT2D eigenvalue weighted by molar-refractivity contribution is 5.52. The van der Waals surface area contributed by atoms with Crippen molar-refractivity contribution in [1.82, 2.24) is 10.1 Å². The van der Waals surface area contributed by atoms with Crippen LogP contribution in [0, 0.1) is 0 Å². The van der Waals surface area contributed by atoms with Crippen LogP contribution in [0.25, 0.3) is 11.5 Å². The molecule has 0 saturated carbocycles. The van der Waals surface area contributed by atoms with E-state index < -0.39 is 0 Å². The summed E-state index contributed by atoms with van der Waals surface area (Å²) in [5, 5.41) is 3.90. The van der Waals surface area contributed by atoms with Gasteiger partial charge in [-0.05, 0) is 12.1 Å². The Balaban J connectivity index is 2.28. The highest BCUT2D eigenvalue weighted by Crippen LogP contribution is 2.18. The van der Waals surface area contributed by atoms with E-state index in [9.17, 15) is 0 Å². The number of nitrogens with two attached hydrogens (primary N) is 1. The third-order valence-corrected chi connectivity index (χ3v) is 2.26. The summed E-state index contributed by atoms with van der Waals surface area (Å²) in [6, 6.07) is 9.69. The zero-order valence-corrected chi connectivity index (χ0v) is 8.55. The number of aromatic nitrogens is 2. The molecule has 1 heterocycles. The van der Waals surface area contributed by atoms with Crippen molar-refractivity contribution in [2.24, 2.45) is 5.73 Å². The molecule has 78 valence electrons. The van der Waals surface area contributed by atoms with Gasteiger partial charge in [-0.15, -0.1) is 0 Å². The fourth-order valence-corrected chi connectivity index (χ4v) is 1.24. The zero-order chi connectivity index (χ0) is 10.7. The second kappa shape index (κ2) is 4.23. The van der Waals surface area contributed by atoms with E-state index in [-0.39, 0.29) is 5.92 Å². The summed E-state index contributed by atoms with van der Waals surface area (Å²) in [5.41, 5.74) is 6.46. The summed E-state index contributed by atoms with van der Waals surface area (Å²) >= 11 is 0. The van der Waals surface area contributed by atoms with Gasteiger partial charge in [-0.1, -0.05) is 30.3 Å². The van der Waals surface area contributed by atoms with Crippen molar-refractivity contribution in [2.75, 3.05) is 6.54 Å². The van der Waals surface area contributed by atoms with Crippen LogP contribution in [0.3, 0.4) is 0 Å². The van der Waals surface area contributed by atoms with Gasteiger partial charge in [0.1, 0.15) is 0 Å². The number of hydrogen-bond acceptors (Lipinski definition) is 4. The van der Waals surface area contributed by atoms with Gasteiger partial charge >= 0.3 is 0 Å². The zero-order valence-electron chi connectivity index (χ0n) is 8.55. The van der Waals surface area contributed by atoms with E-state index >= 15 is 0 Å². The summed E-state index contributed by atoms with van der Waals surface area (Å²) in [5.74, 6) is 1.34. The molecule has 4 heteroatoms. The predicted molar refractivity (Wildman–Crippen MR) is 57.2 cm³/mol. The molecule has 15 heavy (non-hydrogen) atoms. The molecule has 0 aliphatic heterocycles. The Morgan fingerprint density at radius 2 is 2.07 bits per heavy atom. The molecule has 2 aromatic rings. The highest BCUT2D eigenvalue weighted by atomic mass is 16.5. The molecular weight excluding hydrogens is 190 g/mol. The Kier molecular flexibility index (Phi) is 2.78. The molecule has 0 spiro atoms. The van der Waals surface area contributed by atoms with Gasteiger partial charge in [-0.25, -0.2) is 0 Å². The van der Waals surface area contributed by atoms with E-state index in [1.165, 1.54) is 0 Å².